The molecule has 0 atom stereocenters. The van der Waals surface area contributed by atoms with Crippen LogP contribution in [0.5, 0.6) is 0 Å². The highest BCUT2D eigenvalue weighted by Gasteiger charge is 2.43. The fourth-order valence-electron chi connectivity index (χ4n) is 6.32. The van der Waals surface area contributed by atoms with E-state index in [9.17, 15) is 14.9 Å². The van der Waals surface area contributed by atoms with Crippen LogP contribution in [0.2, 0.25) is 0 Å². The van der Waals surface area contributed by atoms with Gasteiger partial charge in [0.05, 0.1) is 22.9 Å². The minimum absolute atomic E-state index is 0.0118. The largest absolute Gasteiger partial charge is 0.367 e. The van der Waals surface area contributed by atoms with Crippen LogP contribution in [0, 0.1) is 11.3 Å². The summed E-state index contributed by atoms with van der Waals surface area (Å²) in [6, 6.07) is 17.9. The van der Waals surface area contributed by atoms with Gasteiger partial charge in [0.25, 0.3) is 5.56 Å². The van der Waals surface area contributed by atoms with E-state index in [1.54, 1.807) is 0 Å². The van der Waals surface area contributed by atoms with E-state index in [-0.39, 0.29) is 29.6 Å². The zero-order chi connectivity index (χ0) is 27.0. The van der Waals surface area contributed by atoms with Crippen LogP contribution in [0.15, 0.2) is 59.7 Å². The number of ether oxygens (including phenoxy) is 1. The molecule has 1 spiro atoms. The van der Waals surface area contributed by atoms with Gasteiger partial charge in [-0.2, -0.15) is 15.3 Å². The third kappa shape index (κ3) is 4.57. The van der Waals surface area contributed by atoms with Crippen molar-refractivity contribution < 1.29 is 9.53 Å². The maximum atomic E-state index is 14.2. The number of fused-ring (bicyclic) bond motifs is 1. The van der Waals surface area contributed by atoms with E-state index < -0.39 is 0 Å². The molecule has 4 aromatic rings. The SMILES string of the molecule is CCCc1c(Cc2ccc(-c3ccccc3C#N)cc2)c(=O)n([C@H]2CC[C@]3(CC2)CC(=O)CO3)c2ncnn12. The number of rotatable bonds is 6. The Kier molecular flexibility index (Phi) is 6.61. The Morgan fingerprint density at radius 2 is 1.87 bits per heavy atom. The molecule has 0 N–H and O–H groups in total. The van der Waals surface area contributed by atoms with E-state index in [2.05, 4.69) is 23.1 Å². The Morgan fingerprint density at radius 3 is 2.56 bits per heavy atom. The van der Waals surface area contributed by atoms with Gasteiger partial charge in [0.2, 0.25) is 5.78 Å². The van der Waals surface area contributed by atoms with Crippen LogP contribution in [-0.2, 0) is 22.4 Å². The summed E-state index contributed by atoms with van der Waals surface area (Å²) in [5.74, 6) is 0.749. The van der Waals surface area contributed by atoms with Crippen LogP contribution in [0.1, 0.15) is 73.9 Å². The fraction of sp³-hybridized carbons (Fsp3) is 0.387. The molecule has 3 heterocycles. The molecule has 198 valence electrons. The van der Waals surface area contributed by atoms with Gasteiger partial charge in [0.15, 0.2) is 5.78 Å². The summed E-state index contributed by atoms with van der Waals surface area (Å²) in [5.41, 5.74) is 4.80. The van der Waals surface area contributed by atoms with Crippen molar-refractivity contribution in [2.24, 2.45) is 0 Å². The predicted octanol–water partition coefficient (Wildman–Crippen LogP) is 4.82. The van der Waals surface area contributed by atoms with Crippen LogP contribution in [0.3, 0.4) is 0 Å². The molecule has 0 radical (unpaired) electrons. The highest BCUT2D eigenvalue weighted by molar-refractivity contribution is 5.82. The Bertz CT molecular complexity index is 1640. The van der Waals surface area contributed by atoms with Crippen LogP contribution < -0.4 is 5.56 Å². The molecule has 8 nitrogen and oxygen atoms in total. The molecule has 1 saturated heterocycles. The second kappa shape index (κ2) is 10.2. The number of nitriles is 1. The lowest BCUT2D eigenvalue weighted by Gasteiger charge is -2.36. The van der Waals surface area contributed by atoms with Gasteiger partial charge in [0.1, 0.15) is 12.9 Å². The molecule has 2 aromatic heterocycles. The number of hydrogen-bond donors (Lipinski definition) is 0. The van der Waals surface area contributed by atoms with Gasteiger partial charge in [-0.15, -0.1) is 0 Å². The van der Waals surface area contributed by atoms with Crippen LogP contribution in [-0.4, -0.2) is 37.2 Å². The topological polar surface area (TPSA) is 102 Å². The zero-order valence-electron chi connectivity index (χ0n) is 22.1. The molecule has 0 bridgehead atoms. The quantitative estimate of drug-likeness (QED) is 0.361. The van der Waals surface area contributed by atoms with E-state index in [4.69, 9.17) is 4.74 Å². The molecular weight excluding hydrogens is 490 g/mol. The van der Waals surface area contributed by atoms with Gasteiger partial charge in [0, 0.05) is 24.4 Å². The Hall–Kier alpha value is -4.09. The molecule has 1 aliphatic heterocycles. The lowest BCUT2D eigenvalue weighted by atomic mass is 9.80. The zero-order valence-corrected chi connectivity index (χ0v) is 22.1. The Balaban J connectivity index is 1.36. The van der Waals surface area contributed by atoms with Crippen LogP contribution in [0.4, 0.5) is 0 Å². The summed E-state index contributed by atoms with van der Waals surface area (Å²) in [6.07, 6.45) is 7.13. The molecule has 1 saturated carbocycles. The average Bonchev–Trinajstić information content (AvgIpc) is 3.59. The van der Waals surface area contributed by atoms with Gasteiger partial charge in [-0.05, 0) is 54.9 Å². The number of benzene rings is 2. The van der Waals surface area contributed by atoms with Gasteiger partial charge in [-0.25, -0.2) is 4.52 Å². The Morgan fingerprint density at radius 1 is 1.10 bits per heavy atom. The van der Waals surface area contributed by atoms with Crippen LogP contribution >= 0.6 is 0 Å². The predicted molar refractivity (Wildman–Crippen MR) is 146 cm³/mol. The lowest BCUT2D eigenvalue weighted by molar-refractivity contribution is -0.117. The average molecular weight is 522 g/mol. The van der Waals surface area contributed by atoms with Crippen molar-refractivity contribution in [3.8, 4) is 17.2 Å². The summed E-state index contributed by atoms with van der Waals surface area (Å²) in [5, 5.41) is 14.0. The smallest absolute Gasteiger partial charge is 0.259 e. The van der Waals surface area contributed by atoms with Crippen LogP contribution in [0.25, 0.3) is 16.9 Å². The van der Waals surface area contributed by atoms with E-state index in [0.717, 1.165) is 66.5 Å². The second-order valence-electron chi connectivity index (χ2n) is 10.8. The number of aromatic nitrogens is 4. The molecule has 6 rings (SSSR count). The fourth-order valence-corrected chi connectivity index (χ4v) is 6.32. The van der Waals surface area contributed by atoms with E-state index >= 15 is 0 Å². The molecule has 2 aromatic carbocycles. The number of carbonyl (C=O) groups excluding carboxylic acids is 1. The van der Waals surface area contributed by atoms with Crippen molar-refractivity contribution >= 4 is 11.6 Å². The van der Waals surface area contributed by atoms with E-state index in [0.29, 0.717) is 24.2 Å². The maximum absolute atomic E-state index is 14.2. The third-order valence-corrected chi connectivity index (χ3v) is 8.30. The highest BCUT2D eigenvalue weighted by atomic mass is 16.5. The first-order valence-electron chi connectivity index (χ1n) is 13.7. The number of hydrogen-bond acceptors (Lipinski definition) is 6. The highest BCUT2D eigenvalue weighted by Crippen LogP contribution is 2.42. The molecule has 2 aliphatic rings. The summed E-state index contributed by atoms with van der Waals surface area (Å²) < 4.78 is 9.58. The molecule has 8 heteroatoms. The summed E-state index contributed by atoms with van der Waals surface area (Å²) in [4.78, 5) is 30.6. The Labute approximate surface area is 226 Å². The number of ketones is 1. The standard InChI is InChI=1S/C31H31N5O3/c1-2-5-28-27(16-21-8-10-22(11-9-21)26-7-4-3-6-23(26)18-32)29(38)35(30-33-20-34-36(28)30)24-12-14-31(15-13-24)17-25(37)19-39-31/h3-4,6-11,20,24H,2,5,12-17,19H2,1H3/t24-,31-. The molecule has 39 heavy (non-hydrogen) atoms. The van der Waals surface area contributed by atoms with Crippen molar-refractivity contribution in [1.29, 1.82) is 5.26 Å². The molecule has 1 aliphatic carbocycles. The first kappa shape index (κ1) is 25.2. The number of carbonyl (C=O) groups is 1. The van der Waals surface area contributed by atoms with Gasteiger partial charge in [-0.1, -0.05) is 55.8 Å². The van der Waals surface area contributed by atoms with Crippen molar-refractivity contribution in [3.63, 3.8) is 0 Å². The normalized spacial score (nSPS) is 21.0. The van der Waals surface area contributed by atoms with Crippen molar-refractivity contribution in [2.45, 2.75) is 69.9 Å². The number of Topliss-reactive ketones (excluding diaryl/α,β-unsaturated/α-hetero) is 1. The number of nitrogens with zero attached hydrogens (tertiary/aromatic N) is 5. The van der Waals surface area contributed by atoms with Crippen molar-refractivity contribution in [3.05, 3.63) is 87.6 Å². The van der Waals surface area contributed by atoms with Gasteiger partial charge >= 0.3 is 0 Å². The molecule has 0 amide bonds. The van der Waals surface area contributed by atoms with Gasteiger partial charge in [-0.3, -0.25) is 14.2 Å². The molecule has 0 unspecified atom stereocenters. The monoisotopic (exact) mass is 521 g/mol. The van der Waals surface area contributed by atoms with Crippen molar-refractivity contribution in [2.75, 3.05) is 6.61 Å². The second-order valence-corrected chi connectivity index (χ2v) is 10.8. The van der Waals surface area contributed by atoms with E-state index in [1.165, 1.54) is 6.33 Å². The minimum Gasteiger partial charge on any atom is -0.367 e. The first-order chi connectivity index (χ1) is 19.0. The van der Waals surface area contributed by atoms with Gasteiger partial charge < -0.3 is 4.74 Å². The van der Waals surface area contributed by atoms with E-state index in [1.807, 2.05) is 57.6 Å². The lowest BCUT2D eigenvalue weighted by Crippen LogP contribution is -2.39. The minimum atomic E-state index is -0.363. The first-order valence-corrected chi connectivity index (χ1v) is 13.7. The van der Waals surface area contributed by atoms with Crippen molar-refractivity contribution in [1.82, 2.24) is 19.2 Å². The maximum Gasteiger partial charge on any atom is 0.259 e. The summed E-state index contributed by atoms with van der Waals surface area (Å²) in [7, 11) is 0. The number of aryl methyl sites for hydroxylation is 1. The molecular formula is C31H31N5O3. The summed E-state index contributed by atoms with van der Waals surface area (Å²) >= 11 is 0. The third-order valence-electron chi connectivity index (χ3n) is 8.30. The molecule has 2 fully saturated rings. The summed E-state index contributed by atoms with van der Waals surface area (Å²) in [6.45, 7) is 2.30.